The molecule has 1 unspecified atom stereocenters. The molecule has 4 aromatic rings. The monoisotopic (exact) mass is 507 g/mol. The molecule has 4 aromatic carbocycles. The van der Waals surface area contributed by atoms with Crippen LogP contribution in [0.25, 0.3) is 0 Å². The van der Waals surface area contributed by atoms with Gasteiger partial charge in [-0.15, -0.1) is 0 Å². The van der Waals surface area contributed by atoms with Crippen LogP contribution in [-0.2, 0) is 22.1 Å². The second-order valence-corrected chi connectivity index (χ2v) is 11.7. The molecule has 0 aromatic heterocycles. The Morgan fingerprint density at radius 1 is 0.730 bits per heavy atom. The zero-order valence-electron chi connectivity index (χ0n) is 21.5. The first-order valence-corrected chi connectivity index (χ1v) is 14.3. The molecule has 5 rings (SSSR count). The van der Waals surface area contributed by atoms with Crippen molar-refractivity contribution in [2.24, 2.45) is 10.9 Å². The number of hydrogen-bond acceptors (Lipinski definition) is 3. The number of ether oxygens (including phenoxy) is 1. The first-order chi connectivity index (χ1) is 18.1. The summed E-state index contributed by atoms with van der Waals surface area (Å²) < 4.78 is 13.9. The zero-order valence-corrected chi connectivity index (χ0v) is 22.4. The van der Waals surface area contributed by atoms with Crippen molar-refractivity contribution >= 4 is 24.7 Å². The van der Waals surface area contributed by atoms with Crippen LogP contribution < -0.4 is 10.6 Å². The minimum Gasteiger partial charge on any atom is -0.477 e. The molecular formula is C33H34NO2P. The lowest BCUT2D eigenvalue weighted by Gasteiger charge is -2.37. The number of hydrogen-bond donors (Lipinski definition) is 0. The highest BCUT2D eigenvalue weighted by atomic mass is 31.1. The maximum atomic E-state index is 7.44. The summed E-state index contributed by atoms with van der Waals surface area (Å²) in [5.41, 5.74) is 1.65. The average Bonchev–Trinajstić information content (AvgIpc) is 3.46. The number of benzene rings is 4. The van der Waals surface area contributed by atoms with Crippen LogP contribution >= 0.6 is 8.15 Å². The molecule has 3 nitrogen and oxygen atoms in total. The highest BCUT2D eigenvalue weighted by Gasteiger charge is 2.45. The molecule has 0 spiro atoms. The molecule has 1 aliphatic heterocycles. The maximum Gasteiger partial charge on any atom is 0.218 e. The highest BCUT2D eigenvalue weighted by Crippen LogP contribution is 2.44. The molecule has 4 heteroatoms. The van der Waals surface area contributed by atoms with E-state index in [1.807, 2.05) is 0 Å². The van der Waals surface area contributed by atoms with Gasteiger partial charge in [0, 0.05) is 23.5 Å². The predicted octanol–water partition coefficient (Wildman–Crippen LogP) is 6.73. The van der Waals surface area contributed by atoms with Gasteiger partial charge in [-0.1, -0.05) is 135 Å². The van der Waals surface area contributed by atoms with Gasteiger partial charge in [0.2, 0.25) is 5.90 Å². The fourth-order valence-corrected chi connectivity index (χ4v) is 6.66. The Balaban J connectivity index is 1.66. The topological polar surface area (TPSA) is 30.8 Å². The number of nitrogens with zero attached hydrogens (tertiary/aromatic N) is 1. The fraction of sp³-hybridized carbons (Fsp3) is 0.242. The van der Waals surface area contributed by atoms with Gasteiger partial charge in [-0.05, 0) is 17.0 Å². The van der Waals surface area contributed by atoms with E-state index in [0.717, 1.165) is 5.90 Å². The summed E-state index contributed by atoms with van der Waals surface area (Å²) in [6.07, 6.45) is 1.34. The Morgan fingerprint density at radius 2 is 1.16 bits per heavy atom. The summed E-state index contributed by atoms with van der Waals surface area (Å²) in [4.78, 5) is 5.17. The van der Waals surface area contributed by atoms with Gasteiger partial charge in [0.1, 0.15) is 6.61 Å². The minimum atomic E-state index is -1.14. The molecule has 0 fully saturated rings. The first-order valence-electron chi connectivity index (χ1n) is 13.0. The Hall–Kier alpha value is -3.26. The van der Waals surface area contributed by atoms with E-state index in [0.29, 0.717) is 25.4 Å². The van der Waals surface area contributed by atoms with Crippen LogP contribution in [0.5, 0.6) is 0 Å². The molecule has 188 valence electrons. The van der Waals surface area contributed by atoms with Crippen molar-refractivity contribution in [1.29, 1.82) is 0 Å². The quantitative estimate of drug-likeness (QED) is 0.223. The van der Waals surface area contributed by atoms with Crippen LogP contribution in [0.4, 0.5) is 0 Å². The molecule has 37 heavy (non-hydrogen) atoms. The average molecular weight is 508 g/mol. The van der Waals surface area contributed by atoms with Gasteiger partial charge < -0.3 is 9.26 Å². The van der Waals surface area contributed by atoms with E-state index in [4.69, 9.17) is 14.3 Å². The molecule has 1 atom stereocenters. The van der Waals surface area contributed by atoms with Crippen LogP contribution in [0.1, 0.15) is 25.0 Å². The van der Waals surface area contributed by atoms with Crippen LogP contribution in [0.2, 0.25) is 0 Å². The van der Waals surface area contributed by atoms with Crippen molar-refractivity contribution < 1.29 is 9.26 Å². The van der Waals surface area contributed by atoms with Crippen molar-refractivity contribution in [2.45, 2.75) is 38.3 Å². The third-order valence-corrected chi connectivity index (χ3v) is 8.81. The van der Waals surface area contributed by atoms with Gasteiger partial charge in [-0.2, -0.15) is 0 Å². The normalized spacial score (nSPS) is 15.6. The Morgan fingerprint density at radius 3 is 1.57 bits per heavy atom. The first kappa shape index (κ1) is 25.4. The Labute approximate surface area is 222 Å². The molecule has 0 radical (unpaired) electrons. The van der Waals surface area contributed by atoms with Crippen molar-refractivity contribution in [3.63, 3.8) is 0 Å². The fourth-order valence-electron chi connectivity index (χ4n) is 4.70. The van der Waals surface area contributed by atoms with E-state index < -0.39 is 13.7 Å². The van der Waals surface area contributed by atoms with Crippen LogP contribution in [0.3, 0.4) is 0 Å². The van der Waals surface area contributed by atoms with Gasteiger partial charge in [0.05, 0.1) is 14.2 Å². The van der Waals surface area contributed by atoms with Crippen LogP contribution in [0, 0.1) is 5.92 Å². The van der Waals surface area contributed by atoms with Gasteiger partial charge in [-0.3, -0.25) is 0 Å². The maximum absolute atomic E-state index is 7.44. The van der Waals surface area contributed by atoms with Crippen molar-refractivity contribution in [3.8, 4) is 0 Å². The molecule has 0 amide bonds. The third-order valence-electron chi connectivity index (χ3n) is 6.75. The predicted molar refractivity (Wildman–Crippen MR) is 155 cm³/mol. The molecule has 1 heterocycles. The summed E-state index contributed by atoms with van der Waals surface area (Å²) in [7, 11) is -1.14. The van der Waals surface area contributed by atoms with Gasteiger partial charge >= 0.3 is 0 Å². The van der Waals surface area contributed by atoms with E-state index in [-0.39, 0.29) is 6.04 Å². The summed E-state index contributed by atoms with van der Waals surface area (Å²) in [6, 6.07) is 42.4. The SMILES string of the molecule is CC(C)C1COC(C(Cc2ccccc2)(Cc2ccccc2)OP(c2ccccc2)c2ccccc2)=N1. The zero-order chi connectivity index (χ0) is 25.5. The minimum absolute atomic E-state index is 0.129. The summed E-state index contributed by atoms with van der Waals surface area (Å²) >= 11 is 0. The van der Waals surface area contributed by atoms with E-state index in [2.05, 4.69) is 135 Å². The molecule has 0 saturated heterocycles. The van der Waals surface area contributed by atoms with E-state index in [9.17, 15) is 0 Å². The molecule has 1 aliphatic rings. The second kappa shape index (κ2) is 11.9. The van der Waals surface area contributed by atoms with Gasteiger partial charge in [0.15, 0.2) is 5.60 Å². The standard InChI is InChI=1S/C33H34NO2P/c1-26(2)31-25-35-32(34-31)33(23-27-15-7-3-8-16-27,24-28-17-9-4-10-18-28)36-37(29-19-11-5-12-20-29)30-21-13-6-14-22-30/h3-22,26,31H,23-25H2,1-2H3. The van der Waals surface area contributed by atoms with Crippen molar-refractivity contribution in [1.82, 2.24) is 0 Å². The van der Waals surface area contributed by atoms with Gasteiger partial charge in [0.25, 0.3) is 0 Å². The van der Waals surface area contributed by atoms with E-state index in [1.54, 1.807) is 0 Å². The second-order valence-electron chi connectivity index (χ2n) is 9.93. The van der Waals surface area contributed by atoms with Crippen molar-refractivity contribution in [2.75, 3.05) is 6.61 Å². The van der Waals surface area contributed by atoms with Crippen LogP contribution in [-0.4, -0.2) is 24.1 Å². The van der Waals surface area contributed by atoms with Gasteiger partial charge in [-0.25, -0.2) is 4.99 Å². The summed E-state index contributed by atoms with van der Waals surface area (Å²) in [5.74, 6) is 1.12. The molecule has 0 N–H and O–H groups in total. The van der Waals surface area contributed by atoms with Crippen LogP contribution in [0.15, 0.2) is 126 Å². The Kier molecular flexibility index (Phi) is 8.14. The van der Waals surface area contributed by atoms with E-state index >= 15 is 0 Å². The number of rotatable bonds is 10. The lowest BCUT2D eigenvalue weighted by atomic mass is 9.87. The molecular weight excluding hydrogens is 473 g/mol. The number of aliphatic imine (C=N–C) groups is 1. The smallest absolute Gasteiger partial charge is 0.218 e. The largest absolute Gasteiger partial charge is 0.477 e. The third kappa shape index (κ3) is 6.18. The summed E-state index contributed by atoms with van der Waals surface area (Å²) in [6.45, 7) is 5.01. The molecule has 0 bridgehead atoms. The lowest BCUT2D eigenvalue weighted by molar-refractivity contribution is 0.128. The van der Waals surface area contributed by atoms with Crippen molar-refractivity contribution in [3.05, 3.63) is 132 Å². The highest BCUT2D eigenvalue weighted by molar-refractivity contribution is 7.68. The molecule has 0 aliphatic carbocycles. The lowest BCUT2D eigenvalue weighted by Crippen LogP contribution is -2.46. The van der Waals surface area contributed by atoms with E-state index in [1.165, 1.54) is 21.7 Å². The summed E-state index contributed by atoms with van der Waals surface area (Å²) in [5, 5.41) is 2.35. The molecule has 0 saturated carbocycles. The Bertz CT molecular complexity index is 1200.